The molecule has 1 heterocycles. The zero-order chi connectivity index (χ0) is 19.3. The topological polar surface area (TPSA) is 99.6 Å². The van der Waals surface area contributed by atoms with E-state index in [4.69, 9.17) is 5.11 Å². The normalized spacial score (nSPS) is 11.5. The Labute approximate surface area is 151 Å². The summed E-state index contributed by atoms with van der Waals surface area (Å²) in [5, 5.41) is 11.4. The molecule has 0 saturated heterocycles. The van der Waals surface area contributed by atoms with Crippen molar-refractivity contribution in [3.05, 3.63) is 53.7 Å². The lowest BCUT2D eigenvalue weighted by Crippen LogP contribution is -2.52. The van der Waals surface area contributed by atoms with E-state index in [0.717, 1.165) is 21.7 Å². The Hall–Kier alpha value is -3.06. The number of hydrogen-bond donors (Lipinski definition) is 2. The number of ketones is 1. The Morgan fingerprint density at radius 1 is 1.19 bits per heavy atom. The van der Waals surface area contributed by atoms with Crippen molar-refractivity contribution in [2.75, 3.05) is 20.7 Å². The summed E-state index contributed by atoms with van der Waals surface area (Å²) >= 11 is 0. The molecule has 1 aromatic heterocycles. The summed E-state index contributed by atoms with van der Waals surface area (Å²) in [7, 11) is 2.72. The maximum absolute atomic E-state index is 12.6. The van der Waals surface area contributed by atoms with Crippen LogP contribution >= 0.6 is 0 Å². The van der Waals surface area contributed by atoms with Gasteiger partial charge in [-0.15, -0.1) is 0 Å². The van der Waals surface area contributed by atoms with Crippen molar-refractivity contribution < 1.29 is 19.5 Å². The molecule has 1 unspecified atom stereocenters. The predicted octanol–water partition coefficient (Wildman–Crippen LogP) is 0.805. The molecule has 2 amide bonds. The van der Waals surface area contributed by atoms with Gasteiger partial charge < -0.3 is 15.3 Å². The van der Waals surface area contributed by atoms with E-state index in [1.807, 2.05) is 19.1 Å². The number of aliphatic hydroxyl groups excluding tert-OH is 1. The predicted molar refractivity (Wildman–Crippen MR) is 96.5 cm³/mol. The largest absolute Gasteiger partial charge is 0.388 e. The number of hydrogen-bond acceptors (Lipinski definition) is 5. The Bertz CT molecular complexity index is 802. The van der Waals surface area contributed by atoms with Gasteiger partial charge in [-0.2, -0.15) is 0 Å². The molecule has 1 aromatic carbocycles. The second kappa shape index (κ2) is 8.35. The summed E-state index contributed by atoms with van der Waals surface area (Å²) in [6.07, 6.45) is 1.71. The Morgan fingerprint density at radius 3 is 2.38 bits per heavy atom. The van der Waals surface area contributed by atoms with E-state index < -0.39 is 30.2 Å². The zero-order valence-electron chi connectivity index (χ0n) is 14.9. The Morgan fingerprint density at radius 2 is 1.85 bits per heavy atom. The lowest BCUT2D eigenvalue weighted by atomic mass is 10.1. The summed E-state index contributed by atoms with van der Waals surface area (Å²) < 4.78 is 0. The highest BCUT2D eigenvalue weighted by Crippen LogP contribution is 2.19. The summed E-state index contributed by atoms with van der Waals surface area (Å²) in [5.41, 5.74) is 3.03. The van der Waals surface area contributed by atoms with Crippen LogP contribution in [-0.4, -0.2) is 59.3 Å². The van der Waals surface area contributed by atoms with Crippen molar-refractivity contribution in [2.45, 2.75) is 13.0 Å². The lowest BCUT2D eigenvalue weighted by molar-refractivity contribution is -0.135. The van der Waals surface area contributed by atoms with Crippen molar-refractivity contribution in [3.63, 3.8) is 0 Å². The number of nitrogens with one attached hydrogen (secondary N) is 1. The molecule has 0 radical (unpaired) electrons. The van der Waals surface area contributed by atoms with Gasteiger partial charge in [-0.05, 0) is 36.8 Å². The van der Waals surface area contributed by atoms with Crippen molar-refractivity contribution in [1.29, 1.82) is 0 Å². The number of benzene rings is 1. The Kier molecular flexibility index (Phi) is 6.19. The first-order chi connectivity index (χ1) is 12.4. The first kappa shape index (κ1) is 19.3. The van der Waals surface area contributed by atoms with Gasteiger partial charge in [-0.3, -0.25) is 19.4 Å². The van der Waals surface area contributed by atoms with Crippen LogP contribution in [0.25, 0.3) is 11.3 Å². The van der Waals surface area contributed by atoms with Crippen LogP contribution in [0, 0.1) is 6.92 Å². The van der Waals surface area contributed by atoms with Crippen LogP contribution < -0.4 is 5.32 Å². The van der Waals surface area contributed by atoms with Gasteiger partial charge in [0.25, 0.3) is 5.91 Å². The van der Waals surface area contributed by atoms with Gasteiger partial charge in [-0.25, -0.2) is 0 Å². The molecule has 2 rings (SSSR count). The number of aryl methyl sites for hydroxylation is 1. The smallest absolute Gasteiger partial charge is 0.254 e. The number of Topliss-reactive ketones (excluding diaryl/α,β-unsaturated/α-hetero) is 1. The SMILES string of the molecule is CNC(=O)C(C(=O)CO)N(C)C(=O)c1ccc(-c2cc(C)ccn2)cc1. The highest BCUT2D eigenvalue weighted by Gasteiger charge is 2.32. The lowest BCUT2D eigenvalue weighted by Gasteiger charge is -2.25. The number of rotatable bonds is 6. The molecule has 7 heteroatoms. The van der Waals surface area contributed by atoms with Gasteiger partial charge in [0.05, 0.1) is 5.69 Å². The molecule has 0 spiro atoms. The highest BCUT2D eigenvalue weighted by atomic mass is 16.3. The van der Waals surface area contributed by atoms with Crippen molar-refractivity contribution in [2.24, 2.45) is 0 Å². The third kappa shape index (κ3) is 4.12. The van der Waals surface area contributed by atoms with Crippen LogP contribution in [0.15, 0.2) is 42.6 Å². The summed E-state index contributed by atoms with van der Waals surface area (Å²) in [5.74, 6) is -1.90. The third-order valence-corrected chi connectivity index (χ3v) is 4.01. The molecule has 0 aliphatic rings. The van der Waals surface area contributed by atoms with E-state index >= 15 is 0 Å². The third-order valence-electron chi connectivity index (χ3n) is 4.01. The van der Waals surface area contributed by atoms with E-state index in [-0.39, 0.29) is 0 Å². The van der Waals surface area contributed by atoms with Crippen LogP contribution in [0.2, 0.25) is 0 Å². The monoisotopic (exact) mass is 355 g/mol. The van der Waals surface area contributed by atoms with Crippen molar-refractivity contribution in [3.8, 4) is 11.3 Å². The number of nitrogens with zero attached hydrogens (tertiary/aromatic N) is 2. The number of carbonyl (C=O) groups excluding carboxylic acids is 3. The number of aromatic nitrogens is 1. The molecule has 0 aliphatic heterocycles. The minimum atomic E-state index is -1.38. The highest BCUT2D eigenvalue weighted by molar-refractivity contribution is 6.10. The molecule has 0 bridgehead atoms. The molecule has 0 aliphatic carbocycles. The van der Waals surface area contributed by atoms with Gasteiger partial charge in [-0.1, -0.05) is 12.1 Å². The molecular formula is C19H21N3O4. The Balaban J connectivity index is 2.25. The second-order valence-corrected chi connectivity index (χ2v) is 5.85. The van der Waals surface area contributed by atoms with Crippen LogP contribution in [0.3, 0.4) is 0 Å². The van der Waals surface area contributed by atoms with E-state index in [1.165, 1.54) is 14.1 Å². The van der Waals surface area contributed by atoms with E-state index in [1.54, 1.807) is 30.5 Å². The number of likely N-dealkylation sites (N-methyl/N-ethyl adjacent to an activating group) is 2. The summed E-state index contributed by atoms with van der Waals surface area (Å²) in [4.78, 5) is 41.7. The molecular weight excluding hydrogens is 334 g/mol. The van der Waals surface area contributed by atoms with Gasteiger partial charge in [0, 0.05) is 31.4 Å². The second-order valence-electron chi connectivity index (χ2n) is 5.85. The maximum atomic E-state index is 12.6. The van der Waals surface area contributed by atoms with Crippen molar-refractivity contribution in [1.82, 2.24) is 15.2 Å². The zero-order valence-corrected chi connectivity index (χ0v) is 14.9. The molecule has 0 saturated carbocycles. The van der Waals surface area contributed by atoms with E-state index in [9.17, 15) is 14.4 Å². The molecule has 2 N–H and O–H groups in total. The van der Waals surface area contributed by atoms with E-state index in [0.29, 0.717) is 5.56 Å². The molecule has 1 atom stereocenters. The van der Waals surface area contributed by atoms with Crippen LogP contribution in [-0.2, 0) is 9.59 Å². The quantitative estimate of drug-likeness (QED) is 0.747. The van der Waals surface area contributed by atoms with Crippen LogP contribution in [0.1, 0.15) is 15.9 Å². The number of amides is 2. The number of aliphatic hydroxyl groups is 1. The van der Waals surface area contributed by atoms with Crippen molar-refractivity contribution >= 4 is 17.6 Å². The van der Waals surface area contributed by atoms with Gasteiger partial charge in [0.15, 0.2) is 11.8 Å². The molecule has 0 fully saturated rings. The summed E-state index contributed by atoms with van der Waals surface area (Å²) in [6.45, 7) is 1.14. The number of carbonyl (C=O) groups is 3. The van der Waals surface area contributed by atoms with Crippen LogP contribution in [0.5, 0.6) is 0 Å². The van der Waals surface area contributed by atoms with E-state index in [2.05, 4.69) is 10.3 Å². The average molecular weight is 355 g/mol. The molecule has 2 aromatic rings. The average Bonchev–Trinajstić information content (AvgIpc) is 2.67. The van der Waals surface area contributed by atoms with Crippen LogP contribution in [0.4, 0.5) is 0 Å². The van der Waals surface area contributed by atoms with Gasteiger partial charge in [0.1, 0.15) is 6.61 Å². The minimum Gasteiger partial charge on any atom is -0.388 e. The maximum Gasteiger partial charge on any atom is 0.254 e. The number of pyridine rings is 1. The molecule has 26 heavy (non-hydrogen) atoms. The van der Waals surface area contributed by atoms with Gasteiger partial charge >= 0.3 is 0 Å². The first-order valence-electron chi connectivity index (χ1n) is 8.04. The first-order valence-corrected chi connectivity index (χ1v) is 8.04. The van der Waals surface area contributed by atoms with Gasteiger partial charge in [0.2, 0.25) is 5.91 Å². The standard InChI is InChI=1S/C19H21N3O4/c1-12-8-9-21-15(10-12)13-4-6-14(7-5-13)19(26)22(3)17(16(24)11-23)18(25)20-2/h4-10,17,23H,11H2,1-3H3,(H,20,25). The fourth-order valence-electron chi connectivity index (χ4n) is 2.56. The molecule has 136 valence electrons. The summed E-state index contributed by atoms with van der Waals surface area (Å²) in [6, 6.07) is 9.19. The fraction of sp³-hybridized carbons (Fsp3) is 0.263. The minimum absolute atomic E-state index is 0.323. The fourth-order valence-corrected chi connectivity index (χ4v) is 2.56. The molecule has 7 nitrogen and oxygen atoms in total.